The Morgan fingerprint density at radius 1 is 1.60 bits per heavy atom. The Balaban J connectivity index is 2.24. The molecule has 0 bridgehead atoms. The summed E-state index contributed by atoms with van der Waals surface area (Å²) in [4.78, 5) is 14.0. The van der Waals surface area contributed by atoms with Crippen LogP contribution in [0.1, 0.15) is 29.8 Å². The lowest BCUT2D eigenvalue weighted by Gasteiger charge is -2.32. The zero-order chi connectivity index (χ0) is 14.9. The van der Waals surface area contributed by atoms with Crippen LogP contribution in [0.4, 0.5) is 0 Å². The summed E-state index contributed by atoms with van der Waals surface area (Å²) >= 11 is 1.59. The molecule has 1 saturated heterocycles. The predicted molar refractivity (Wildman–Crippen MR) is 78.9 cm³/mol. The topological polar surface area (TPSA) is 74.7 Å². The van der Waals surface area contributed by atoms with Gasteiger partial charge in [0.2, 0.25) is 0 Å². The first kappa shape index (κ1) is 15.5. The standard InChI is InChI=1S/C13H19NO4S2/c1-9-3-5-19-13(9)10(2)14(7-12(15)16)11-4-6-20(17,18)8-11/h3,5,10-11H,4,6-8H2,1-2H3,(H,15,16). The molecule has 2 heterocycles. The molecule has 0 aliphatic carbocycles. The van der Waals surface area contributed by atoms with E-state index >= 15 is 0 Å². The summed E-state index contributed by atoms with van der Waals surface area (Å²) < 4.78 is 23.3. The molecule has 1 aliphatic rings. The minimum Gasteiger partial charge on any atom is -0.480 e. The van der Waals surface area contributed by atoms with E-state index in [4.69, 9.17) is 5.11 Å². The normalized spacial score (nSPS) is 23.1. The van der Waals surface area contributed by atoms with Crippen LogP contribution in [0.2, 0.25) is 0 Å². The van der Waals surface area contributed by atoms with Gasteiger partial charge in [0.15, 0.2) is 9.84 Å². The van der Waals surface area contributed by atoms with E-state index in [9.17, 15) is 13.2 Å². The fraction of sp³-hybridized carbons (Fsp3) is 0.615. The Bertz CT molecular complexity index is 593. The molecule has 0 saturated carbocycles. The monoisotopic (exact) mass is 317 g/mol. The van der Waals surface area contributed by atoms with Crippen LogP contribution < -0.4 is 0 Å². The number of thiophene rings is 1. The lowest BCUT2D eigenvalue weighted by Crippen LogP contribution is -2.41. The number of aryl methyl sites for hydroxylation is 1. The quantitative estimate of drug-likeness (QED) is 0.894. The van der Waals surface area contributed by atoms with Crippen LogP contribution >= 0.6 is 11.3 Å². The summed E-state index contributed by atoms with van der Waals surface area (Å²) in [7, 11) is -3.02. The van der Waals surface area contributed by atoms with Gasteiger partial charge in [-0.25, -0.2) is 8.42 Å². The number of rotatable bonds is 5. The maximum Gasteiger partial charge on any atom is 0.317 e. The van der Waals surface area contributed by atoms with Gasteiger partial charge >= 0.3 is 5.97 Å². The van der Waals surface area contributed by atoms with Crippen LogP contribution in [0.15, 0.2) is 11.4 Å². The van der Waals surface area contributed by atoms with Gasteiger partial charge in [0.1, 0.15) is 0 Å². The van der Waals surface area contributed by atoms with Crippen molar-refractivity contribution in [1.82, 2.24) is 4.90 Å². The third-order valence-electron chi connectivity index (χ3n) is 3.77. The maximum absolute atomic E-state index is 11.6. The predicted octanol–water partition coefficient (Wildman–Crippen LogP) is 1.69. The van der Waals surface area contributed by atoms with E-state index in [1.54, 1.807) is 11.3 Å². The average Bonchev–Trinajstić information content (AvgIpc) is 2.91. The molecular weight excluding hydrogens is 298 g/mol. The molecule has 112 valence electrons. The average molecular weight is 317 g/mol. The molecule has 5 nitrogen and oxygen atoms in total. The molecule has 0 aromatic carbocycles. The van der Waals surface area contributed by atoms with Gasteiger partial charge < -0.3 is 5.11 Å². The van der Waals surface area contributed by atoms with Gasteiger partial charge in [0.05, 0.1) is 18.1 Å². The van der Waals surface area contributed by atoms with Crippen LogP contribution in [-0.4, -0.2) is 48.5 Å². The second-order valence-corrected chi connectivity index (χ2v) is 8.44. The number of hydrogen-bond acceptors (Lipinski definition) is 5. The highest BCUT2D eigenvalue weighted by molar-refractivity contribution is 7.91. The number of hydrogen-bond donors (Lipinski definition) is 1. The van der Waals surface area contributed by atoms with Gasteiger partial charge in [-0.15, -0.1) is 11.3 Å². The molecule has 1 aromatic heterocycles. The Morgan fingerprint density at radius 3 is 2.75 bits per heavy atom. The van der Waals surface area contributed by atoms with Crippen molar-refractivity contribution in [3.63, 3.8) is 0 Å². The molecule has 2 atom stereocenters. The van der Waals surface area contributed by atoms with E-state index in [1.807, 2.05) is 30.2 Å². The fourth-order valence-corrected chi connectivity index (χ4v) is 5.49. The summed E-state index contributed by atoms with van der Waals surface area (Å²) in [6, 6.07) is 1.72. The smallest absolute Gasteiger partial charge is 0.317 e. The Hall–Kier alpha value is -0.920. The molecular formula is C13H19NO4S2. The molecule has 1 N–H and O–H groups in total. The van der Waals surface area contributed by atoms with Crippen molar-refractivity contribution >= 4 is 27.1 Å². The van der Waals surface area contributed by atoms with Crippen molar-refractivity contribution in [2.45, 2.75) is 32.4 Å². The number of carbonyl (C=O) groups is 1. The zero-order valence-electron chi connectivity index (χ0n) is 11.6. The first-order chi connectivity index (χ1) is 9.30. The first-order valence-corrected chi connectivity index (χ1v) is 9.22. The van der Waals surface area contributed by atoms with E-state index in [0.717, 1.165) is 10.4 Å². The van der Waals surface area contributed by atoms with Gasteiger partial charge in [-0.05, 0) is 37.3 Å². The molecule has 0 amide bonds. The number of carboxylic acids is 1. The molecule has 1 fully saturated rings. The highest BCUT2D eigenvalue weighted by Gasteiger charge is 2.36. The molecule has 2 unspecified atom stereocenters. The van der Waals surface area contributed by atoms with Crippen molar-refractivity contribution in [3.05, 3.63) is 21.9 Å². The fourth-order valence-electron chi connectivity index (χ4n) is 2.74. The Labute approximate surface area is 123 Å². The first-order valence-electron chi connectivity index (χ1n) is 6.52. The number of carboxylic acid groups (broad SMARTS) is 1. The molecule has 1 aromatic rings. The van der Waals surface area contributed by atoms with Crippen molar-refractivity contribution in [2.75, 3.05) is 18.1 Å². The van der Waals surface area contributed by atoms with Crippen molar-refractivity contribution in [3.8, 4) is 0 Å². The zero-order valence-corrected chi connectivity index (χ0v) is 13.2. The third kappa shape index (κ3) is 3.39. The van der Waals surface area contributed by atoms with E-state index in [-0.39, 0.29) is 30.1 Å². The van der Waals surface area contributed by atoms with Crippen molar-refractivity contribution < 1.29 is 18.3 Å². The van der Waals surface area contributed by atoms with E-state index in [0.29, 0.717) is 6.42 Å². The second kappa shape index (κ2) is 5.83. The van der Waals surface area contributed by atoms with Gasteiger partial charge in [-0.1, -0.05) is 0 Å². The largest absolute Gasteiger partial charge is 0.480 e. The van der Waals surface area contributed by atoms with Gasteiger partial charge in [0.25, 0.3) is 0 Å². The molecule has 2 rings (SSSR count). The molecule has 0 spiro atoms. The second-order valence-electron chi connectivity index (χ2n) is 5.27. The van der Waals surface area contributed by atoms with Crippen LogP contribution in [0.5, 0.6) is 0 Å². The molecule has 7 heteroatoms. The summed E-state index contributed by atoms with van der Waals surface area (Å²) in [5.74, 6) is -0.700. The van der Waals surface area contributed by atoms with Crippen molar-refractivity contribution in [1.29, 1.82) is 0 Å². The molecule has 20 heavy (non-hydrogen) atoms. The number of aliphatic carboxylic acids is 1. The minimum absolute atomic E-state index is 0.0645. The highest BCUT2D eigenvalue weighted by Crippen LogP contribution is 2.32. The van der Waals surface area contributed by atoms with E-state index in [2.05, 4.69) is 0 Å². The summed E-state index contributed by atoms with van der Waals surface area (Å²) in [5, 5.41) is 11.1. The van der Waals surface area contributed by atoms with Crippen LogP contribution in [-0.2, 0) is 14.6 Å². The summed E-state index contributed by atoms with van der Waals surface area (Å²) in [5.41, 5.74) is 1.12. The van der Waals surface area contributed by atoms with E-state index in [1.165, 1.54) is 0 Å². The maximum atomic E-state index is 11.6. The van der Waals surface area contributed by atoms with E-state index < -0.39 is 15.8 Å². The summed E-state index contributed by atoms with van der Waals surface area (Å²) in [6.45, 7) is 3.82. The van der Waals surface area contributed by atoms with Gasteiger partial charge in [-0.3, -0.25) is 9.69 Å². The highest BCUT2D eigenvalue weighted by atomic mass is 32.2. The van der Waals surface area contributed by atoms with Crippen molar-refractivity contribution in [2.24, 2.45) is 0 Å². The van der Waals surface area contributed by atoms with Crippen LogP contribution in [0, 0.1) is 6.92 Å². The van der Waals surface area contributed by atoms with Crippen LogP contribution in [0.3, 0.4) is 0 Å². The number of sulfone groups is 1. The summed E-state index contributed by atoms with van der Waals surface area (Å²) in [6.07, 6.45) is 0.518. The lowest BCUT2D eigenvalue weighted by molar-refractivity contribution is -0.139. The van der Waals surface area contributed by atoms with Gasteiger partial charge in [-0.2, -0.15) is 0 Å². The van der Waals surface area contributed by atoms with Gasteiger partial charge in [0, 0.05) is 17.0 Å². The lowest BCUT2D eigenvalue weighted by atomic mass is 10.1. The Kier molecular flexibility index (Phi) is 4.51. The molecule has 1 aliphatic heterocycles. The number of nitrogens with zero attached hydrogens (tertiary/aromatic N) is 1. The SMILES string of the molecule is Cc1ccsc1C(C)N(CC(=O)O)C1CCS(=O)(=O)C1. The minimum atomic E-state index is -3.02. The third-order valence-corrected chi connectivity index (χ3v) is 6.71. The van der Waals surface area contributed by atoms with Crippen LogP contribution in [0.25, 0.3) is 0 Å². The Morgan fingerprint density at radius 2 is 2.30 bits per heavy atom. The molecule has 0 radical (unpaired) electrons.